The van der Waals surface area contributed by atoms with Crippen LogP contribution in [0, 0.1) is 5.82 Å². The van der Waals surface area contributed by atoms with Crippen LogP contribution < -0.4 is 0 Å². The summed E-state index contributed by atoms with van der Waals surface area (Å²) in [6, 6.07) is 24.6. The Hall–Kier alpha value is -3.22. The minimum Gasteiger partial charge on any atom is -0.342 e. The Morgan fingerprint density at radius 1 is 0.906 bits per heavy atom. The maximum atomic E-state index is 14.2. The minimum atomic E-state index is -0.228. The highest BCUT2D eigenvalue weighted by Crippen LogP contribution is 2.35. The zero-order chi connectivity index (χ0) is 22.1. The standard InChI is InChI=1S/C26H19FN2OS2/c27-22-12-6-4-10-19(22)16-28-17-20(21-11-5-7-13-23(21)28)14-24-25(30)29(26(31)32-24)15-18-8-2-1-3-9-18/h1-14,17H,15-16H2/b24-14-. The number of amides is 1. The minimum absolute atomic E-state index is 0.0882. The third-order valence-corrected chi connectivity index (χ3v) is 6.84. The van der Waals surface area contributed by atoms with E-state index in [-0.39, 0.29) is 11.7 Å². The number of aromatic nitrogens is 1. The molecule has 0 bridgehead atoms. The number of nitrogens with zero attached hydrogens (tertiary/aromatic N) is 2. The van der Waals surface area contributed by atoms with Crippen molar-refractivity contribution in [3.63, 3.8) is 0 Å². The van der Waals surface area contributed by atoms with Gasteiger partial charge in [-0.25, -0.2) is 4.39 Å². The summed E-state index contributed by atoms with van der Waals surface area (Å²) in [4.78, 5) is 15.3. The van der Waals surface area contributed by atoms with Gasteiger partial charge in [-0.05, 0) is 23.8 Å². The molecule has 0 aliphatic carbocycles. The van der Waals surface area contributed by atoms with Crippen LogP contribution in [0.5, 0.6) is 0 Å². The molecule has 1 amide bonds. The fourth-order valence-electron chi connectivity index (χ4n) is 3.87. The van der Waals surface area contributed by atoms with E-state index >= 15 is 0 Å². The van der Waals surface area contributed by atoms with Crippen molar-refractivity contribution in [2.45, 2.75) is 13.1 Å². The zero-order valence-corrected chi connectivity index (χ0v) is 18.7. The fraction of sp³-hybridized carbons (Fsp3) is 0.0769. The summed E-state index contributed by atoms with van der Waals surface area (Å²) in [6.07, 6.45) is 3.87. The van der Waals surface area contributed by atoms with Gasteiger partial charge in [-0.1, -0.05) is 90.7 Å². The first-order valence-electron chi connectivity index (χ1n) is 10.2. The number of carbonyl (C=O) groups is 1. The molecule has 158 valence electrons. The molecule has 1 aliphatic rings. The van der Waals surface area contributed by atoms with Gasteiger partial charge in [0.15, 0.2) is 0 Å². The lowest BCUT2D eigenvalue weighted by atomic mass is 10.1. The van der Waals surface area contributed by atoms with Crippen molar-refractivity contribution < 1.29 is 9.18 Å². The lowest BCUT2D eigenvalue weighted by Crippen LogP contribution is -2.27. The molecule has 0 unspecified atom stereocenters. The number of benzene rings is 3. The first kappa shape index (κ1) is 20.7. The van der Waals surface area contributed by atoms with E-state index in [0.29, 0.717) is 27.9 Å². The lowest BCUT2D eigenvalue weighted by Gasteiger charge is -2.14. The molecule has 1 aliphatic heterocycles. The largest absolute Gasteiger partial charge is 0.342 e. The van der Waals surface area contributed by atoms with Crippen molar-refractivity contribution in [3.05, 3.63) is 112 Å². The fourth-order valence-corrected chi connectivity index (χ4v) is 5.12. The molecule has 0 spiro atoms. The highest BCUT2D eigenvalue weighted by molar-refractivity contribution is 8.26. The lowest BCUT2D eigenvalue weighted by molar-refractivity contribution is -0.122. The molecular weight excluding hydrogens is 439 g/mol. The molecule has 0 radical (unpaired) electrons. The van der Waals surface area contributed by atoms with Gasteiger partial charge in [0.2, 0.25) is 0 Å². The van der Waals surface area contributed by atoms with Crippen LogP contribution in [0.25, 0.3) is 17.0 Å². The Morgan fingerprint density at radius 2 is 1.62 bits per heavy atom. The predicted octanol–water partition coefficient (Wildman–Crippen LogP) is 6.23. The summed E-state index contributed by atoms with van der Waals surface area (Å²) in [5, 5.41) is 1.01. The summed E-state index contributed by atoms with van der Waals surface area (Å²) < 4.78 is 16.8. The average Bonchev–Trinajstić information content (AvgIpc) is 3.28. The average molecular weight is 459 g/mol. The molecule has 32 heavy (non-hydrogen) atoms. The monoisotopic (exact) mass is 458 g/mol. The van der Waals surface area contributed by atoms with E-state index in [4.69, 9.17) is 12.2 Å². The van der Waals surface area contributed by atoms with E-state index in [1.165, 1.54) is 17.8 Å². The molecule has 3 aromatic carbocycles. The number of hydrogen-bond acceptors (Lipinski definition) is 3. The highest BCUT2D eigenvalue weighted by atomic mass is 32.2. The smallest absolute Gasteiger partial charge is 0.266 e. The van der Waals surface area contributed by atoms with Gasteiger partial charge in [-0.2, -0.15) is 0 Å². The summed E-state index contributed by atoms with van der Waals surface area (Å²) in [5.74, 6) is -0.316. The van der Waals surface area contributed by atoms with Gasteiger partial charge < -0.3 is 4.57 Å². The molecule has 1 fully saturated rings. The Labute approximate surface area is 195 Å². The van der Waals surface area contributed by atoms with Gasteiger partial charge in [0.1, 0.15) is 10.1 Å². The second-order valence-corrected chi connectivity index (χ2v) is 9.25. The van der Waals surface area contributed by atoms with Crippen LogP contribution in [0.2, 0.25) is 0 Å². The van der Waals surface area contributed by atoms with Crippen LogP contribution in [0.1, 0.15) is 16.7 Å². The Balaban J connectivity index is 1.48. The Bertz CT molecular complexity index is 1360. The van der Waals surface area contributed by atoms with Crippen molar-refractivity contribution in [1.29, 1.82) is 0 Å². The van der Waals surface area contributed by atoms with Crippen LogP contribution >= 0.6 is 24.0 Å². The van der Waals surface area contributed by atoms with Crippen molar-refractivity contribution in [2.24, 2.45) is 0 Å². The second-order valence-electron chi connectivity index (χ2n) is 7.57. The normalized spacial score (nSPS) is 15.3. The van der Waals surface area contributed by atoms with E-state index in [1.807, 2.05) is 77.5 Å². The van der Waals surface area contributed by atoms with Gasteiger partial charge in [-0.15, -0.1) is 0 Å². The van der Waals surface area contributed by atoms with Crippen molar-refractivity contribution in [1.82, 2.24) is 9.47 Å². The molecule has 0 atom stereocenters. The topological polar surface area (TPSA) is 25.2 Å². The third kappa shape index (κ3) is 3.99. The number of thioether (sulfide) groups is 1. The van der Waals surface area contributed by atoms with Crippen LogP contribution in [0.3, 0.4) is 0 Å². The molecule has 3 nitrogen and oxygen atoms in total. The Kier molecular flexibility index (Phi) is 5.64. The van der Waals surface area contributed by atoms with Crippen LogP contribution in [0.4, 0.5) is 4.39 Å². The first-order chi connectivity index (χ1) is 15.6. The van der Waals surface area contributed by atoms with E-state index in [9.17, 15) is 9.18 Å². The number of hydrogen-bond donors (Lipinski definition) is 0. The second kappa shape index (κ2) is 8.73. The quantitative estimate of drug-likeness (QED) is 0.262. The molecule has 2 heterocycles. The number of para-hydroxylation sites is 1. The van der Waals surface area contributed by atoms with Crippen molar-refractivity contribution >= 4 is 51.2 Å². The van der Waals surface area contributed by atoms with E-state index < -0.39 is 0 Å². The van der Waals surface area contributed by atoms with Gasteiger partial charge >= 0.3 is 0 Å². The van der Waals surface area contributed by atoms with Crippen LogP contribution in [-0.4, -0.2) is 19.7 Å². The van der Waals surface area contributed by atoms with Gasteiger partial charge in [0.05, 0.1) is 18.0 Å². The molecule has 0 saturated carbocycles. The summed E-state index contributed by atoms with van der Waals surface area (Å²) in [5.41, 5.74) is 3.56. The maximum Gasteiger partial charge on any atom is 0.266 e. The molecule has 5 rings (SSSR count). The zero-order valence-electron chi connectivity index (χ0n) is 17.1. The van der Waals surface area contributed by atoms with Crippen LogP contribution in [0.15, 0.2) is 90.0 Å². The van der Waals surface area contributed by atoms with Gasteiger partial charge in [-0.3, -0.25) is 9.69 Å². The van der Waals surface area contributed by atoms with E-state index in [0.717, 1.165) is 22.0 Å². The third-order valence-electron chi connectivity index (χ3n) is 5.46. The summed E-state index contributed by atoms with van der Waals surface area (Å²) in [7, 11) is 0. The molecule has 4 aromatic rings. The van der Waals surface area contributed by atoms with Gasteiger partial charge in [0, 0.05) is 28.2 Å². The number of carbonyl (C=O) groups excluding carboxylic acids is 1. The number of thiocarbonyl (C=S) groups is 1. The summed E-state index contributed by atoms with van der Waals surface area (Å²) in [6.45, 7) is 0.869. The Morgan fingerprint density at radius 3 is 2.44 bits per heavy atom. The molecule has 6 heteroatoms. The SMILES string of the molecule is O=C1/C(=C/c2cn(Cc3ccccc3F)c3ccccc23)SC(=S)N1Cc1ccccc1. The molecule has 1 saturated heterocycles. The number of fused-ring (bicyclic) bond motifs is 1. The van der Waals surface area contributed by atoms with E-state index in [2.05, 4.69) is 0 Å². The van der Waals surface area contributed by atoms with Gasteiger partial charge in [0.25, 0.3) is 5.91 Å². The van der Waals surface area contributed by atoms with Crippen molar-refractivity contribution in [2.75, 3.05) is 0 Å². The van der Waals surface area contributed by atoms with E-state index in [1.54, 1.807) is 17.0 Å². The molecule has 1 aromatic heterocycles. The number of rotatable bonds is 5. The number of halogens is 1. The summed E-state index contributed by atoms with van der Waals surface area (Å²) >= 11 is 6.81. The predicted molar refractivity (Wildman–Crippen MR) is 133 cm³/mol. The molecular formula is C26H19FN2OS2. The van der Waals surface area contributed by atoms with Crippen molar-refractivity contribution in [3.8, 4) is 0 Å². The molecule has 0 N–H and O–H groups in total. The highest BCUT2D eigenvalue weighted by Gasteiger charge is 2.32. The van der Waals surface area contributed by atoms with Crippen LogP contribution in [-0.2, 0) is 17.9 Å². The maximum absolute atomic E-state index is 14.2. The first-order valence-corrected chi connectivity index (χ1v) is 11.4.